The molecule has 2 aromatic rings. The number of benzene rings is 2. The van der Waals surface area contributed by atoms with Crippen molar-refractivity contribution >= 4 is 15.9 Å². The number of nitrogens with one attached hydrogen (secondary N) is 2. The van der Waals surface area contributed by atoms with Crippen molar-refractivity contribution in [3.63, 3.8) is 0 Å². The average molecular weight is 374 g/mol. The second-order valence-electron chi connectivity index (χ2n) is 6.19. The Bertz CT molecular complexity index is 925. The van der Waals surface area contributed by atoms with Gasteiger partial charge < -0.3 is 10.1 Å². The van der Waals surface area contributed by atoms with Crippen LogP contribution in [-0.4, -0.2) is 28.5 Å². The van der Waals surface area contributed by atoms with Crippen LogP contribution in [0.3, 0.4) is 0 Å². The van der Waals surface area contributed by atoms with Crippen LogP contribution in [0.25, 0.3) is 0 Å². The molecule has 1 aliphatic rings. The molecule has 1 atom stereocenters. The lowest BCUT2D eigenvalue weighted by atomic mass is 9.87. The van der Waals surface area contributed by atoms with E-state index in [4.69, 9.17) is 4.74 Å². The molecule has 26 heavy (non-hydrogen) atoms. The third-order valence-electron chi connectivity index (χ3n) is 4.66. The smallest absolute Gasteiger partial charge is 0.251 e. The minimum atomic E-state index is -3.73. The lowest BCUT2D eigenvalue weighted by Gasteiger charge is -2.26. The highest BCUT2D eigenvalue weighted by molar-refractivity contribution is 7.89. The van der Waals surface area contributed by atoms with Crippen LogP contribution in [0.2, 0.25) is 0 Å². The monoisotopic (exact) mass is 374 g/mol. The number of carbonyl (C=O) groups excluding carboxylic acids is 1. The molecule has 0 radical (unpaired) electrons. The zero-order chi connectivity index (χ0) is 18.7. The van der Waals surface area contributed by atoms with E-state index < -0.39 is 10.0 Å². The van der Waals surface area contributed by atoms with Crippen molar-refractivity contribution in [3.05, 3.63) is 59.2 Å². The fourth-order valence-corrected chi connectivity index (χ4v) is 4.20. The Morgan fingerprint density at radius 1 is 1.19 bits per heavy atom. The number of carbonyl (C=O) groups is 1. The number of rotatable bonds is 5. The Balaban J connectivity index is 1.89. The third-order valence-corrected chi connectivity index (χ3v) is 6.09. The normalized spacial score (nSPS) is 16.6. The van der Waals surface area contributed by atoms with Gasteiger partial charge in [0.05, 0.1) is 13.2 Å². The summed E-state index contributed by atoms with van der Waals surface area (Å²) in [5, 5.41) is 3.03. The highest BCUT2D eigenvalue weighted by Crippen LogP contribution is 2.30. The molecule has 2 N–H and O–H groups in total. The van der Waals surface area contributed by atoms with Gasteiger partial charge in [-0.2, -0.15) is 0 Å². The standard InChI is InChI=1S/C19H22N2O4S/c1-20-26(23,24)18-12-14(10-11-17(18)25-2)19(22)21-16-9-5-7-13-6-3-4-8-15(13)16/h3-4,6,8,10-12,16,20H,5,7,9H2,1-2H3,(H,21,22)/t16-/m1/s1. The molecule has 1 amide bonds. The number of fused-ring (bicyclic) bond motifs is 1. The Labute approximate surface area is 153 Å². The summed E-state index contributed by atoms with van der Waals surface area (Å²) in [4.78, 5) is 12.7. The Kier molecular flexibility index (Phi) is 5.29. The summed E-state index contributed by atoms with van der Waals surface area (Å²) in [6.07, 6.45) is 2.88. The summed E-state index contributed by atoms with van der Waals surface area (Å²) in [5.41, 5.74) is 2.66. The van der Waals surface area contributed by atoms with E-state index in [1.165, 1.54) is 31.9 Å². The van der Waals surface area contributed by atoms with Gasteiger partial charge in [0, 0.05) is 5.56 Å². The van der Waals surface area contributed by atoms with E-state index in [-0.39, 0.29) is 28.2 Å². The number of ether oxygens (including phenoxy) is 1. The molecule has 0 heterocycles. The highest BCUT2D eigenvalue weighted by Gasteiger charge is 2.24. The summed E-state index contributed by atoms with van der Waals surface area (Å²) in [6, 6.07) is 12.4. The van der Waals surface area contributed by atoms with Crippen molar-refractivity contribution in [2.75, 3.05) is 14.2 Å². The van der Waals surface area contributed by atoms with E-state index in [0.717, 1.165) is 24.8 Å². The molecule has 138 valence electrons. The Hall–Kier alpha value is -2.38. The van der Waals surface area contributed by atoms with Gasteiger partial charge in [-0.25, -0.2) is 13.1 Å². The second-order valence-corrected chi connectivity index (χ2v) is 8.05. The fraction of sp³-hybridized carbons (Fsp3) is 0.316. The van der Waals surface area contributed by atoms with E-state index in [1.807, 2.05) is 18.2 Å². The molecular weight excluding hydrogens is 352 g/mol. The Morgan fingerprint density at radius 2 is 1.96 bits per heavy atom. The molecule has 0 bridgehead atoms. The van der Waals surface area contributed by atoms with Crippen LogP contribution >= 0.6 is 0 Å². The van der Waals surface area contributed by atoms with Crippen molar-refractivity contribution in [3.8, 4) is 5.75 Å². The largest absolute Gasteiger partial charge is 0.495 e. The van der Waals surface area contributed by atoms with Gasteiger partial charge in [0.1, 0.15) is 10.6 Å². The maximum atomic E-state index is 12.7. The SMILES string of the molecule is CNS(=O)(=O)c1cc(C(=O)N[C@@H]2CCCc3ccccc32)ccc1OC. The lowest BCUT2D eigenvalue weighted by molar-refractivity contribution is 0.0932. The number of amides is 1. The first-order valence-electron chi connectivity index (χ1n) is 8.46. The van der Waals surface area contributed by atoms with Gasteiger partial charge >= 0.3 is 0 Å². The zero-order valence-corrected chi connectivity index (χ0v) is 15.6. The molecule has 0 aliphatic heterocycles. The molecule has 6 nitrogen and oxygen atoms in total. The molecule has 0 fully saturated rings. The van der Waals surface area contributed by atoms with Gasteiger partial charge in [0.15, 0.2) is 0 Å². The molecule has 0 aromatic heterocycles. The van der Waals surface area contributed by atoms with Crippen molar-refractivity contribution in [2.45, 2.75) is 30.2 Å². The van der Waals surface area contributed by atoms with Crippen molar-refractivity contribution < 1.29 is 17.9 Å². The van der Waals surface area contributed by atoms with Gasteiger partial charge in [-0.15, -0.1) is 0 Å². The molecule has 0 saturated heterocycles. The van der Waals surface area contributed by atoms with Gasteiger partial charge in [-0.3, -0.25) is 4.79 Å². The van der Waals surface area contributed by atoms with Crippen LogP contribution in [-0.2, 0) is 16.4 Å². The van der Waals surface area contributed by atoms with Gasteiger partial charge in [0.25, 0.3) is 5.91 Å². The van der Waals surface area contributed by atoms with Gasteiger partial charge in [-0.1, -0.05) is 24.3 Å². The van der Waals surface area contributed by atoms with E-state index in [2.05, 4.69) is 16.1 Å². The van der Waals surface area contributed by atoms with Crippen LogP contribution in [0.4, 0.5) is 0 Å². The predicted molar refractivity (Wildman–Crippen MR) is 98.8 cm³/mol. The number of methoxy groups -OCH3 is 1. The van der Waals surface area contributed by atoms with E-state index in [0.29, 0.717) is 0 Å². The summed E-state index contributed by atoms with van der Waals surface area (Å²) in [7, 11) is -1.02. The van der Waals surface area contributed by atoms with Gasteiger partial charge in [0.2, 0.25) is 10.0 Å². The van der Waals surface area contributed by atoms with E-state index in [9.17, 15) is 13.2 Å². The molecule has 1 aliphatic carbocycles. The first-order valence-corrected chi connectivity index (χ1v) is 9.95. The van der Waals surface area contributed by atoms with Crippen molar-refractivity contribution in [1.29, 1.82) is 0 Å². The average Bonchev–Trinajstić information content (AvgIpc) is 2.67. The predicted octanol–water partition coefficient (Wildman–Crippen LogP) is 2.41. The molecule has 3 rings (SSSR count). The second kappa shape index (κ2) is 7.47. The molecule has 0 saturated carbocycles. The Morgan fingerprint density at radius 3 is 2.69 bits per heavy atom. The number of hydrogen-bond donors (Lipinski definition) is 2. The first-order chi connectivity index (χ1) is 12.5. The van der Waals surface area contributed by atoms with Crippen molar-refractivity contribution in [2.24, 2.45) is 0 Å². The minimum Gasteiger partial charge on any atom is -0.495 e. The summed E-state index contributed by atoms with van der Waals surface area (Å²) in [5.74, 6) is -0.110. The van der Waals surface area contributed by atoms with E-state index >= 15 is 0 Å². The molecule has 2 aromatic carbocycles. The molecule has 0 unspecified atom stereocenters. The lowest BCUT2D eigenvalue weighted by Crippen LogP contribution is -2.31. The maximum Gasteiger partial charge on any atom is 0.251 e. The van der Waals surface area contributed by atoms with Crippen LogP contribution < -0.4 is 14.8 Å². The van der Waals surface area contributed by atoms with E-state index in [1.54, 1.807) is 6.07 Å². The van der Waals surface area contributed by atoms with Crippen LogP contribution in [0, 0.1) is 0 Å². The topological polar surface area (TPSA) is 84.5 Å². The maximum absolute atomic E-state index is 12.7. The number of sulfonamides is 1. The van der Waals surface area contributed by atoms with Crippen LogP contribution in [0.15, 0.2) is 47.4 Å². The quantitative estimate of drug-likeness (QED) is 0.842. The molecule has 0 spiro atoms. The van der Waals surface area contributed by atoms with Crippen LogP contribution in [0.5, 0.6) is 5.75 Å². The van der Waals surface area contributed by atoms with Crippen LogP contribution in [0.1, 0.15) is 40.4 Å². The minimum absolute atomic E-state index is 0.0563. The summed E-state index contributed by atoms with van der Waals surface area (Å²) >= 11 is 0. The van der Waals surface area contributed by atoms with Gasteiger partial charge in [-0.05, 0) is 55.6 Å². The molecule has 7 heteroatoms. The summed E-state index contributed by atoms with van der Waals surface area (Å²) < 4.78 is 31.7. The summed E-state index contributed by atoms with van der Waals surface area (Å²) in [6.45, 7) is 0. The number of aryl methyl sites for hydroxylation is 1. The van der Waals surface area contributed by atoms with Crippen molar-refractivity contribution in [1.82, 2.24) is 10.0 Å². The fourth-order valence-electron chi connectivity index (χ4n) is 3.28. The highest BCUT2D eigenvalue weighted by atomic mass is 32.2. The zero-order valence-electron chi connectivity index (χ0n) is 14.8. The third kappa shape index (κ3) is 3.59. The molecular formula is C19H22N2O4S. The number of hydrogen-bond acceptors (Lipinski definition) is 4. The first kappa shape index (κ1) is 18.4.